The second-order valence-corrected chi connectivity index (χ2v) is 9.54. The van der Waals surface area contributed by atoms with Crippen LogP contribution in [0.1, 0.15) is 15.9 Å². The van der Waals surface area contributed by atoms with E-state index in [-0.39, 0.29) is 16.9 Å². The molecule has 32 heavy (non-hydrogen) atoms. The summed E-state index contributed by atoms with van der Waals surface area (Å²) < 4.78 is 55.6. The van der Waals surface area contributed by atoms with Crippen molar-refractivity contribution >= 4 is 43.0 Å². The predicted octanol–water partition coefficient (Wildman–Crippen LogP) is 0.130. The number of para-hydroxylation sites is 1. The second-order valence-electron chi connectivity index (χ2n) is 6.47. The number of aromatic nitrogens is 1. The van der Waals surface area contributed by atoms with E-state index in [1.54, 1.807) is 6.19 Å². The van der Waals surface area contributed by atoms with Gasteiger partial charge in [0.1, 0.15) is 0 Å². The number of nitrogens with zero attached hydrogens (tertiary/aromatic N) is 3. The number of alkyl halides is 2. The van der Waals surface area contributed by atoms with Crippen molar-refractivity contribution in [3.8, 4) is 11.9 Å². The molecule has 0 aliphatic rings. The van der Waals surface area contributed by atoms with Crippen LogP contribution < -0.4 is 14.5 Å². The van der Waals surface area contributed by atoms with Crippen molar-refractivity contribution in [2.75, 3.05) is 12.8 Å². The summed E-state index contributed by atoms with van der Waals surface area (Å²) in [6.45, 7) is -3.15. The molecule has 2 aromatic rings. The normalized spacial score (nSPS) is 12.0. The van der Waals surface area contributed by atoms with Gasteiger partial charge in [0.15, 0.2) is 0 Å². The minimum atomic E-state index is -4.13. The van der Waals surface area contributed by atoms with E-state index in [0.717, 1.165) is 7.05 Å². The number of hydrogen-bond acceptors (Lipinski definition) is 7. The molecule has 0 spiro atoms. The minimum absolute atomic E-state index is 0.0418. The summed E-state index contributed by atoms with van der Waals surface area (Å²) in [6, 6.07) is 6.69. The van der Waals surface area contributed by atoms with Gasteiger partial charge in [0.2, 0.25) is 0 Å². The zero-order valence-electron chi connectivity index (χ0n) is 16.6. The summed E-state index contributed by atoms with van der Waals surface area (Å²) in [4.78, 5) is 29.5. The number of carbonyl (C=O) groups excluding carboxylic acids is 2. The van der Waals surface area contributed by atoms with Crippen molar-refractivity contribution in [1.82, 2.24) is 15.2 Å². The van der Waals surface area contributed by atoms with Crippen LogP contribution in [0.5, 0.6) is 5.75 Å². The molecule has 13 heteroatoms. The van der Waals surface area contributed by atoms with Crippen molar-refractivity contribution < 1.29 is 31.5 Å². The molecule has 1 heterocycles. The van der Waals surface area contributed by atoms with Gasteiger partial charge in [0, 0.05) is 0 Å². The van der Waals surface area contributed by atoms with Crippen LogP contribution in [0.3, 0.4) is 0 Å². The van der Waals surface area contributed by atoms with Gasteiger partial charge < -0.3 is 4.74 Å². The van der Waals surface area contributed by atoms with Gasteiger partial charge >= 0.3 is 160 Å². The first-order chi connectivity index (χ1) is 15.0. The number of sulfone groups is 1. The van der Waals surface area contributed by atoms with Crippen molar-refractivity contribution in [2.24, 2.45) is 0 Å². The van der Waals surface area contributed by atoms with E-state index in [1.807, 2.05) is 0 Å². The van der Waals surface area contributed by atoms with Gasteiger partial charge in [-0.3, -0.25) is 0 Å². The number of nitrogens with one attached hydrogen (secondary N) is 1. The number of likely N-dealkylation sites (N-methyl/N-ethyl adjacent to an activating group) is 1. The molecule has 0 unspecified atom stereocenters. The Hall–Kier alpha value is -3.03. The fourth-order valence-corrected chi connectivity index (χ4v) is 4.44. The van der Waals surface area contributed by atoms with Crippen LogP contribution in [-0.4, -0.2) is 72.4 Å². The number of hydrogen-bond donors (Lipinski definition) is 1. The first-order valence-electron chi connectivity index (χ1n) is 8.88. The number of pyridine rings is 1. The maximum atomic E-state index is 12.8. The third-order valence-corrected chi connectivity index (χ3v) is 6.23. The molecular weight excluding hydrogens is 509 g/mol. The molecule has 9 nitrogen and oxygen atoms in total. The first kappa shape index (κ1) is 25.2. The van der Waals surface area contributed by atoms with Gasteiger partial charge in [-0.05, 0) is 6.07 Å². The zero-order chi connectivity index (χ0) is 23.9. The van der Waals surface area contributed by atoms with E-state index in [9.17, 15) is 26.8 Å². The third kappa shape index (κ3) is 7.28. The molecule has 0 saturated heterocycles. The molecule has 0 saturated carbocycles. The average Bonchev–Trinajstić information content (AvgIpc) is 2.73. The molecular formula is C19H17AsF2N4O5S. The Bertz CT molecular complexity index is 1120. The van der Waals surface area contributed by atoms with Crippen LogP contribution in [0.15, 0.2) is 42.6 Å². The van der Waals surface area contributed by atoms with Crippen LogP contribution in [0.2, 0.25) is 0 Å². The van der Waals surface area contributed by atoms with Gasteiger partial charge in [-0.25, -0.2) is 0 Å². The van der Waals surface area contributed by atoms with Gasteiger partial charge in [0.05, 0.1) is 0 Å². The number of rotatable bonds is 9. The quantitative estimate of drug-likeness (QED) is 0.279. The van der Waals surface area contributed by atoms with E-state index < -0.39 is 45.8 Å². The Kier molecular flexibility index (Phi) is 8.69. The molecule has 0 aliphatic heterocycles. The van der Waals surface area contributed by atoms with Crippen molar-refractivity contribution in [1.29, 1.82) is 5.26 Å². The number of benzene rings is 1. The molecule has 168 valence electrons. The number of amides is 2. The fourth-order valence-electron chi connectivity index (χ4n) is 2.60. The SMILES string of the molecule is CN(C#N)C(=O)[C@H](CS(=O)(=O)Cc1ccccc1OC(F)F)NC(=O)c1ccc([As])nc1. The van der Waals surface area contributed by atoms with Crippen molar-refractivity contribution in [2.45, 2.75) is 18.4 Å². The standard InChI is InChI=1S/C19H17AsF2N4O5S/c1-26(11-23)18(28)14(25-17(27)12-6-7-16(20)24-8-12)10-32(29,30)9-13-4-2-3-5-15(13)31-19(21)22/h2-8,14,19H,9-10H2,1H3,(H,25,27)/t14-/m0/s1. The monoisotopic (exact) mass is 526 g/mol. The van der Waals surface area contributed by atoms with Gasteiger partial charge in [-0.15, -0.1) is 0 Å². The van der Waals surface area contributed by atoms with E-state index >= 15 is 0 Å². The van der Waals surface area contributed by atoms with E-state index in [4.69, 9.17) is 5.26 Å². The van der Waals surface area contributed by atoms with E-state index in [0.29, 0.717) is 9.38 Å². The van der Waals surface area contributed by atoms with Crippen LogP contribution >= 0.6 is 0 Å². The zero-order valence-corrected chi connectivity index (χ0v) is 19.3. The molecule has 2 radical (unpaired) electrons. The third-order valence-electron chi connectivity index (χ3n) is 4.08. The molecule has 0 fully saturated rings. The maximum absolute atomic E-state index is 12.8. The summed E-state index contributed by atoms with van der Waals surface area (Å²) in [5, 5.41) is 11.3. The van der Waals surface area contributed by atoms with Crippen LogP contribution in [0, 0.1) is 11.5 Å². The summed E-state index contributed by atoms with van der Waals surface area (Å²) in [6.07, 6.45) is 2.79. The van der Waals surface area contributed by atoms with Crippen LogP contribution in [-0.2, 0) is 20.4 Å². The average molecular weight is 526 g/mol. The number of halogens is 2. The Morgan fingerprint density at radius 1 is 1.28 bits per heavy atom. The van der Waals surface area contributed by atoms with Gasteiger partial charge in [-0.2, -0.15) is 8.78 Å². The summed E-state index contributed by atoms with van der Waals surface area (Å²) in [7, 11) is -3.01. The number of carbonyl (C=O) groups is 2. The molecule has 2 rings (SSSR count). The Balaban J connectivity index is 2.26. The molecule has 0 aliphatic carbocycles. The summed E-state index contributed by atoms with van der Waals surface area (Å²) in [5.41, 5.74) is 0.0325. The summed E-state index contributed by atoms with van der Waals surface area (Å²) in [5.74, 6) is -3.65. The molecule has 2 amide bonds. The fraction of sp³-hybridized carbons (Fsp3) is 0.263. The van der Waals surface area contributed by atoms with E-state index in [2.05, 4.69) is 31.9 Å². The Morgan fingerprint density at radius 2 is 1.97 bits per heavy atom. The molecule has 1 N–H and O–H groups in total. The van der Waals surface area contributed by atoms with E-state index in [1.165, 1.54) is 42.6 Å². The number of nitriles is 1. The number of ether oxygens (including phenoxy) is 1. The molecule has 1 aromatic heterocycles. The first-order valence-corrected chi connectivity index (χ1v) is 11.6. The molecule has 1 aromatic carbocycles. The molecule has 0 bridgehead atoms. The second kappa shape index (κ2) is 11.0. The Morgan fingerprint density at radius 3 is 2.56 bits per heavy atom. The van der Waals surface area contributed by atoms with Gasteiger partial charge in [-0.1, -0.05) is 12.1 Å². The summed E-state index contributed by atoms with van der Waals surface area (Å²) >= 11 is 2.18. The van der Waals surface area contributed by atoms with Crippen molar-refractivity contribution in [3.05, 3.63) is 53.7 Å². The Labute approximate surface area is 191 Å². The van der Waals surface area contributed by atoms with Crippen LogP contribution in [0.25, 0.3) is 0 Å². The van der Waals surface area contributed by atoms with Crippen molar-refractivity contribution in [3.63, 3.8) is 0 Å². The van der Waals surface area contributed by atoms with Crippen LogP contribution in [0.4, 0.5) is 8.78 Å². The molecule has 1 atom stereocenters. The topological polar surface area (TPSA) is 129 Å². The predicted molar refractivity (Wildman–Crippen MR) is 110 cm³/mol. The van der Waals surface area contributed by atoms with Gasteiger partial charge in [0.25, 0.3) is 0 Å².